The SMILES string of the molecule is Cc1cc(N)n(Cc2ccncn2)n1. The van der Waals surface area contributed by atoms with E-state index in [1.165, 1.54) is 6.33 Å². The molecule has 0 aliphatic rings. The molecular weight excluding hydrogens is 178 g/mol. The fraction of sp³-hybridized carbons (Fsp3) is 0.222. The summed E-state index contributed by atoms with van der Waals surface area (Å²) in [6.07, 6.45) is 3.22. The molecule has 0 aliphatic heterocycles. The van der Waals surface area contributed by atoms with Crippen LogP contribution in [0.2, 0.25) is 0 Å². The Kier molecular flexibility index (Phi) is 2.14. The van der Waals surface area contributed by atoms with Crippen LogP contribution in [0.15, 0.2) is 24.7 Å². The van der Waals surface area contributed by atoms with E-state index < -0.39 is 0 Å². The average Bonchev–Trinajstić information content (AvgIpc) is 2.47. The largest absolute Gasteiger partial charge is 0.384 e. The molecule has 5 nitrogen and oxygen atoms in total. The molecule has 2 aromatic heterocycles. The second-order valence-corrected chi connectivity index (χ2v) is 3.07. The zero-order chi connectivity index (χ0) is 9.97. The van der Waals surface area contributed by atoms with E-state index in [1.807, 2.05) is 19.1 Å². The van der Waals surface area contributed by atoms with Gasteiger partial charge in [0.15, 0.2) is 0 Å². The minimum absolute atomic E-state index is 0.586. The normalized spacial score (nSPS) is 10.4. The molecule has 0 amide bonds. The number of aromatic nitrogens is 4. The minimum Gasteiger partial charge on any atom is -0.384 e. The van der Waals surface area contributed by atoms with Gasteiger partial charge in [0.1, 0.15) is 12.1 Å². The molecule has 14 heavy (non-hydrogen) atoms. The maximum Gasteiger partial charge on any atom is 0.122 e. The molecule has 0 fully saturated rings. The highest BCUT2D eigenvalue weighted by molar-refractivity contribution is 5.30. The van der Waals surface area contributed by atoms with E-state index in [4.69, 9.17) is 5.73 Å². The lowest BCUT2D eigenvalue weighted by Gasteiger charge is -2.02. The van der Waals surface area contributed by atoms with E-state index in [9.17, 15) is 0 Å². The fourth-order valence-corrected chi connectivity index (χ4v) is 1.26. The van der Waals surface area contributed by atoms with Crippen LogP contribution in [0, 0.1) is 6.92 Å². The second kappa shape index (κ2) is 3.45. The lowest BCUT2D eigenvalue weighted by molar-refractivity contribution is 0.673. The van der Waals surface area contributed by atoms with Gasteiger partial charge < -0.3 is 5.73 Å². The second-order valence-electron chi connectivity index (χ2n) is 3.07. The van der Waals surface area contributed by atoms with Gasteiger partial charge >= 0.3 is 0 Å². The summed E-state index contributed by atoms with van der Waals surface area (Å²) in [6.45, 7) is 2.50. The van der Waals surface area contributed by atoms with E-state index in [1.54, 1.807) is 10.9 Å². The first-order valence-electron chi connectivity index (χ1n) is 4.30. The molecular formula is C9H11N5. The van der Waals surface area contributed by atoms with Gasteiger partial charge in [-0.05, 0) is 13.0 Å². The molecule has 0 aromatic carbocycles. The molecule has 0 atom stereocenters. The zero-order valence-electron chi connectivity index (χ0n) is 7.88. The van der Waals surface area contributed by atoms with E-state index in [0.717, 1.165) is 11.4 Å². The number of hydrogen-bond acceptors (Lipinski definition) is 4. The Bertz CT molecular complexity index is 420. The van der Waals surface area contributed by atoms with Crippen molar-refractivity contribution in [3.63, 3.8) is 0 Å². The Morgan fingerprint density at radius 2 is 2.36 bits per heavy atom. The van der Waals surface area contributed by atoms with Gasteiger partial charge in [-0.15, -0.1) is 0 Å². The topological polar surface area (TPSA) is 69.6 Å². The number of nitrogen functional groups attached to an aromatic ring is 1. The van der Waals surface area contributed by atoms with Gasteiger partial charge in [0.25, 0.3) is 0 Å². The highest BCUT2D eigenvalue weighted by atomic mass is 15.3. The quantitative estimate of drug-likeness (QED) is 0.751. The predicted octanol–water partition coefficient (Wildman–Crippen LogP) is 0.612. The third-order valence-electron chi connectivity index (χ3n) is 1.89. The molecule has 2 heterocycles. The molecule has 0 spiro atoms. The van der Waals surface area contributed by atoms with Crippen molar-refractivity contribution in [2.45, 2.75) is 13.5 Å². The molecule has 2 rings (SSSR count). The van der Waals surface area contributed by atoms with Crippen LogP contribution in [-0.2, 0) is 6.54 Å². The Morgan fingerprint density at radius 3 is 2.93 bits per heavy atom. The summed E-state index contributed by atoms with van der Waals surface area (Å²) in [5.41, 5.74) is 7.56. The molecule has 2 N–H and O–H groups in total. The monoisotopic (exact) mass is 189 g/mol. The smallest absolute Gasteiger partial charge is 0.122 e. The van der Waals surface area contributed by atoms with Crippen LogP contribution in [0.4, 0.5) is 5.82 Å². The maximum absolute atomic E-state index is 5.75. The van der Waals surface area contributed by atoms with Crippen LogP contribution in [0.25, 0.3) is 0 Å². The van der Waals surface area contributed by atoms with Gasteiger partial charge in [0.05, 0.1) is 17.9 Å². The van der Waals surface area contributed by atoms with Crippen LogP contribution in [0.3, 0.4) is 0 Å². The summed E-state index contributed by atoms with van der Waals surface area (Å²) in [5.74, 6) is 0.654. The summed E-state index contributed by atoms with van der Waals surface area (Å²) in [5, 5.41) is 4.24. The molecule has 72 valence electrons. The van der Waals surface area contributed by atoms with Crippen molar-refractivity contribution in [1.29, 1.82) is 0 Å². The highest BCUT2D eigenvalue weighted by Gasteiger charge is 2.02. The van der Waals surface area contributed by atoms with Gasteiger partial charge in [-0.25, -0.2) is 14.6 Å². The Hall–Kier alpha value is -1.91. The number of nitrogens with zero attached hydrogens (tertiary/aromatic N) is 4. The first kappa shape index (κ1) is 8.68. The van der Waals surface area contributed by atoms with Gasteiger partial charge in [-0.3, -0.25) is 0 Å². The summed E-state index contributed by atoms with van der Waals surface area (Å²) in [7, 11) is 0. The summed E-state index contributed by atoms with van der Waals surface area (Å²) in [6, 6.07) is 3.68. The summed E-state index contributed by atoms with van der Waals surface area (Å²) >= 11 is 0. The van der Waals surface area contributed by atoms with Crippen molar-refractivity contribution < 1.29 is 0 Å². The van der Waals surface area contributed by atoms with Crippen molar-refractivity contribution >= 4 is 5.82 Å². The van der Waals surface area contributed by atoms with E-state index in [2.05, 4.69) is 15.1 Å². The van der Waals surface area contributed by atoms with Crippen LogP contribution in [0.1, 0.15) is 11.4 Å². The molecule has 0 radical (unpaired) electrons. The van der Waals surface area contributed by atoms with Crippen LogP contribution in [-0.4, -0.2) is 19.7 Å². The standard InChI is InChI=1S/C9H11N5/c1-7-4-9(10)14(13-7)5-8-2-3-11-6-12-8/h2-4,6H,5,10H2,1H3. The molecule has 2 aromatic rings. The molecule has 0 aliphatic carbocycles. The first-order chi connectivity index (χ1) is 6.75. The average molecular weight is 189 g/mol. The lowest BCUT2D eigenvalue weighted by Crippen LogP contribution is -2.07. The maximum atomic E-state index is 5.75. The number of aryl methyl sites for hydroxylation is 1. The highest BCUT2D eigenvalue weighted by Crippen LogP contribution is 2.06. The molecule has 0 saturated heterocycles. The van der Waals surface area contributed by atoms with Crippen molar-refractivity contribution in [2.24, 2.45) is 0 Å². The molecule has 0 saturated carbocycles. The predicted molar refractivity (Wildman–Crippen MR) is 52.5 cm³/mol. The lowest BCUT2D eigenvalue weighted by atomic mass is 10.4. The molecule has 0 unspecified atom stereocenters. The third-order valence-corrected chi connectivity index (χ3v) is 1.89. The fourth-order valence-electron chi connectivity index (χ4n) is 1.26. The van der Waals surface area contributed by atoms with E-state index >= 15 is 0 Å². The summed E-state index contributed by atoms with van der Waals surface area (Å²) in [4.78, 5) is 7.94. The Labute approximate surface area is 81.6 Å². The van der Waals surface area contributed by atoms with Gasteiger partial charge in [0.2, 0.25) is 0 Å². The van der Waals surface area contributed by atoms with E-state index in [-0.39, 0.29) is 0 Å². The third kappa shape index (κ3) is 1.71. The Balaban J connectivity index is 2.23. The van der Waals surface area contributed by atoms with E-state index in [0.29, 0.717) is 12.4 Å². The number of nitrogens with two attached hydrogens (primary N) is 1. The van der Waals surface area contributed by atoms with Gasteiger partial charge in [0, 0.05) is 12.3 Å². The van der Waals surface area contributed by atoms with Gasteiger partial charge in [-0.1, -0.05) is 0 Å². The van der Waals surface area contributed by atoms with Crippen molar-refractivity contribution in [1.82, 2.24) is 19.7 Å². The molecule has 0 bridgehead atoms. The van der Waals surface area contributed by atoms with Gasteiger partial charge in [-0.2, -0.15) is 5.10 Å². The number of rotatable bonds is 2. The van der Waals surface area contributed by atoms with Crippen molar-refractivity contribution in [3.8, 4) is 0 Å². The van der Waals surface area contributed by atoms with Crippen LogP contribution >= 0.6 is 0 Å². The van der Waals surface area contributed by atoms with Crippen molar-refractivity contribution in [3.05, 3.63) is 36.0 Å². The Morgan fingerprint density at radius 1 is 1.50 bits per heavy atom. The van der Waals surface area contributed by atoms with Crippen LogP contribution < -0.4 is 5.73 Å². The summed E-state index contributed by atoms with van der Waals surface area (Å²) < 4.78 is 1.72. The minimum atomic E-state index is 0.586. The number of anilines is 1. The number of hydrogen-bond donors (Lipinski definition) is 1. The zero-order valence-corrected chi connectivity index (χ0v) is 7.88. The van der Waals surface area contributed by atoms with Crippen LogP contribution in [0.5, 0.6) is 0 Å². The first-order valence-corrected chi connectivity index (χ1v) is 4.30. The molecule has 5 heteroatoms. The van der Waals surface area contributed by atoms with Crippen molar-refractivity contribution in [2.75, 3.05) is 5.73 Å².